The molecule has 0 radical (unpaired) electrons. The van der Waals surface area contributed by atoms with Crippen LogP contribution in [0.4, 0.5) is 0 Å². The molecule has 72 valence electrons. The SMILES string of the molecule is C=C(C)C(C(C)C)C(C)C(C)C. The summed E-state index contributed by atoms with van der Waals surface area (Å²) in [6.07, 6.45) is 0. The van der Waals surface area contributed by atoms with Gasteiger partial charge in [-0.25, -0.2) is 0 Å². The summed E-state index contributed by atoms with van der Waals surface area (Å²) in [5.74, 6) is 2.92. The van der Waals surface area contributed by atoms with Gasteiger partial charge in [0.1, 0.15) is 0 Å². The van der Waals surface area contributed by atoms with Crippen LogP contribution in [0.15, 0.2) is 12.2 Å². The van der Waals surface area contributed by atoms with Crippen molar-refractivity contribution in [3.63, 3.8) is 0 Å². The van der Waals surface area contributed by atoms with Gasteiger partial charge < -0.3 is 0 Å². The minimum Gasteiger partial charge on any atom is -0.0998 e. The van der Waals surface area contributed by atoms with Crippen molar-refractivity contribution >= 4 is 0 Å². The molecule has 0 N–H and O–H groups in total. The van der Waals surface area contributed by atoms with E-state index in [0.29, 0.717) is 5.92 Å². The van der Waals surface area contributed by atoms with E-state index in [0.717, 1.165) is 17.8 Å². The normalized spacial score (nSPS) is 16.7. The predicted molar refractivity (Wildman–Crippen MR) is 57.1 cm³/mol. The molecule has 0 bridgehead atoms. The fourth-order valence-corrected chi connectivity index (χ4v) is 2.04. The molecule has 0 fully saturated rings. The lowest BCUT2D eigenvalue weighted by Gasteiger charge is -2.30. The van der Waals surface area contributed by atoms with Gasteiger partial charge in [-0.2, -0.15) is 0 Å². The number of hydrogen-bond donors (Lipinski definition) is 0. The second-order valence-corrected chi connectivity index (χ2v) is 4.72. The van der Waals surface area contributed by atoms with Crippen LogP contribution in [-0.4, -0.2) is 0 Å². The molecule has 0 nitrogen and oxygen atoms in total. The quantitative estimate of drug-likeness (QED) is 0.554. The molecule has 0 saturated carbocycles. The van der Waals surface area contributed by atoms with Crippen molar-refractivity contribution in [2.45, 2.75) is 41.5 Å². The summed E-state index contributed by atoms with van der Waals surface area (Å²) in [6.45, 7) is 17.7. The highest BCUT2D eigenvalue weighted by atomic mass is 14.3. The van der Waals surface area contributed by atoms with Gasteiger partial charge in [0.05, 0.1) is 0 Å². The van der Waals surface area contributed by atoms with Gasteiger partial charge in [-0.15, -0.1) is 0 Å². The Balaban J connectivity index is 4.40. The van der Waals surface area contributed by atoms with Crippen molar-refractivity contribution in [2.24, 2.45) is 23.7 Å². The van der Waals surface area contributed by atoms with Crippen LogP contribution >= 0.6 is 0 Å². The van der Waals surface area contributed by atoms with Gasteiger partial charge in [0.2, 0.25) is 0 Å². The Morgan fingerprint density at radius 3 is 1.42 bits per heavy atom. The molecule has 0 aromatic heterocycles. The monoisotopic (exact) mass is 168 g/mol. The first kappa shape index (κ1) is 11.7. The average Bonchev–Trinajstić information content (AvgIpc) is 1.85. The van der Waals surface area contributed by atoms with Gasteiger partial charge >= 0.3 is 0 Å². The van der Waals surface area contributed by atoms with E-state index in [-0.39, 0.29) is 0 Å². The largest absolute Gasteiger partial charge is 0.0998 e. The smallest absolute Gasteiger partial charge is 0.0157 e. The molecule has 0 amide bonds. The molecule has 0 aliphatic heterocycles. The van der Waals surface area contributed by atoms with E-state index < -0.39 is 0 Å². The van der Waals surface area contributed by atoms with E-state index in [4.69, 9.17) is 0 Å². The second-order valence-electron chi connectivity index (χ2n) is 4.72. The van der Waals surface area contributed by atoms with Gasteiger partial charge in [-0.05, 0) is 30.6 Å². The Labute approximate surface area is 78.1 Å². The average molecular weight is 168 g/mol. The molecule has 0 spiro atoms. The van der Waals surface area contributed by atoms with Crippen molar-refractivity contribution in [1.29, 1.82) is 0 Å². The lowest BCUT2D eigenvalue weighted by atomic mass is 9.75. The van der Waals surface area contributed by atoms with Gasteiger partial charge in [-0.3, -0.25) is 0 Å². The van der Waals surface area contributed by atoms with Gasteiger partial charge in [0.25, 0.3) is 0 Å². The third-order valence-corrected chi connectivity index (χ3v) is 2.91. The summed E-state index contributed by atoms with van der Waals surface area (Å²) in [6, 6.07) is 0. The zero-order chi connectivity index (χ0) is 9.89. The van der Waals surface area contributed by atoms with Crippen molar-refractivity contribution in [3.8, 4) is 0 Å². The molecule has 0 heteroatoms. The Morgan fingerprint density at radius 1 is 0.917 bits per heavy atom. The van der Waals surface area contributed by atoms with Crippen LogP contribution in [0, 0.1) is 23.7 Å². The summed E-state index contributed by atoms with van der Waals surface area (Å²) in [5, 5.41) is 0. The number of hydrogen-bond acceptors (Lipinski definition) is 0. The van der Waals surface area contributed by atoms with Crippen LogP contribution in [-0.2, 0) is 0 Å². The number of allylic oxidation sites excluding steroid dienone is 1. The van der Waals surface area contributed by atoms with E-state index in [2.05, 4.69) is 48.1 Å². The maximum absolute atomic E-state index is 4.08. The number of rotatable bonds is 4. The minimum absolute atomic E-state index is 0.685. The van der Waals surface area contributed by atoms with E-state index in [1.807, 2.05) is 0 Å². The first-order chi connectivity index (χ1) is 5.37. The van der Waals surface area contributed by atoms with Crippen molar-refractivity contribution < 1.29 is 0 Å². The molecule has 0 aromatic rings. The summed E-state index contributed by atoms with van der Waals surface area (Å²) in [5.41, 5.74) is 1.34. The summed E-state index contributed by atoms with van der Waals surface area (Å²) in [7, 11) is 0. The maximum atomic E-state index is 4.08. The van der Waals surface area contributed by atoms with Gasteiger partial charge in [0.15, 0.2) is 0 Å². The van der Waals surface area contributed by atoms with E-state index in [1.54, 1.807) is 0 Å². The summed E-state index contributed by atoms with van der Waals surface area (Å²) in [4.78, 5) is 0. The molecular weight excluding hydrogens is 144 g/mol. The third-order valence-electron chi connectivity index (χ3n) is 2.91. The standard InChI is InChI=1S/C12H24/c1-8(2)11(7)12(9(3)4)10(5)6/h8,10-12H,3H2,1-2,4-7H3. The second kappa shape index (κ2) is 4.69. The van der Waals surface area contributed by atoms with Crippen LogP contribution in [0.3, 0.4) is 0 Å². The molecule has 12 heavy (non-hydrogen) atoms. The minimum atomic E-state index is 0.685. The fourth-order valence-electron chi connectivity index (χ4n) is 2.04. The molecule has 0 rings (SSSR count). The topological polar surface area (TPSA) is 0 Å². The lowest BCUT2D eigenvalue weighted by molar-refractivity contribution is 0.252. The van der Waals surface area contributed by atoms with E-state index in [9.17, 15) is 0 Å². The third kappa shape index (κ3) is 3.00. The van der Waals surface area contributed by atoms with Crippen LogP contribution in [0.5, 0.6) is 0 Å². The highest BCUT2D eigenvalue weighted by Crippen LogP contribution is 2.31. The first-order valence-corrected chi connectivity index (χ1v) is 5.03. The zero-order valence-electron chi connectivity index (χ0n) is 9.52. The van der Waals surface area contributed by atoms with E-state index >= 15 is 0 Å². The molecule has 0 aromatic carbocycles. The van der Waals surface area contributed by atoms with Gasteiger partial charge in [-0.1, -0.05) is 46.8 Å². The van der Waals surface area contributed by atoms with Crippen LogP contribution < -0.4 is 0 Å². The molecule has 0 saturated heterocycles. The highest BCUT2D eigenvalue weighted by Gasteiger charge is 2.23. The summed E-state index contributed by atoms with van der Waals surface area (Å²) >= 11 is 0. The van der Waals surface area contributed by atoms with E-state index in [1.165, 1.54) is 5.57 Å². The van der Waals surface area contributed by atoms with Crippen molar-refractivity contribution in [3.05, 3.63) is 12.2 Å². The van der Waals surface area contributed by atoms with Gasteiger partial charge in [0, 0.05) is 0 Å². The molecular formula is C12H24. The Kier molecular flexibility index (Phi) is 4.59. The Morgan fingerprint density at radius 2 is 1.33 bits per heavy atom. The van der Waals surface area contributed by atoms with Crippen molar-refractivity contribution in [1.82, 2.24) is 0 Å². The molecule has 2 atom stereocenters. The van der Waals surface area contributed by atoms with Crippen LogP contribution in [0.1, 0.15) is 41.5 Å². The molecule has 0 heterocycles. The zero-order valence-corrected chi connectivity index (χ0v) is 9.52. The molecule has 0 aliphatic rings. The lowest BCUT2D eigenvalue weighted by Crippen LogP contribution is -2.22. The Hall–Kier alpha value is -0.260. The molecule has 2 unspecified atom stereocenters. The molecule has 0 aliphatic carbocycles. The maximum Gasteiger partial charge on any atom is -0.0157 e. The fraction of sp³-hybridized carbons (Fsp3) is 0.833. The predicted octanol–water partition coefficient (Wildman–Crippen LogP) is 4.13. The summed E-state index contributed by atoms with van der Waals surface area (Å²) < 4.78 is 0. The highest BCUT2D eigenvalue weighted by molar-refractivity contribution is 5.00. The van der Waals surface area contributed by atoms with Crippen LogP contribution in [0.2, 0.25) is 0 Å². The van der Waals surface area contributed by atoms with Crippen LogP contribution in [0.25, 0.3) is 0 Å². The first-order valence-electron chi connectivity index (χ1n) is 5.03. The Bertz CT molecular complexity index is 142. The van der Waals surface area contributed by atoms with Crippen molar-refractivity contribution in [2.75, 3.05) is 0 Å².